The van der Waals surface area contributed by atoms with Crippen LogP contribution in [0.15, 0.2) is 42.5 Å². The molecule has 1 atom stereocenters. The molecule has 0 spiro atoms. The van der Waals surface area contributed by atoms with Crippen LogP contribution in [0.25, 0.3) is 0 Å². The number of halogens is 2. The molecule has 0 amide bonds. The Morgan fingerprint density at radius 1 is 1.10 bits per heavy atom. The lowest BCUT2D eigenvalue weighted by atomic mass is 10.1. The smallest absolute Gasteiger partial charge is 0.118 e. The summed E-state index contributed by atoms with van der Waals surface area (Å²) in [7, 11) is 1.67. The van der Waals surface area contributed by atoms with Gasteiger partial charge in [-0.2, -0.15) is 0 Å². The molecule has 0 saturated heterocycles. The summed E-state index contributed by atoms with van der Waals surface area (Å²) in [5, 5.41) is 4.73. The van der Waals surface area contributed by atoms with E-state index in [9.17, 15) is 0 Å². The van der Waals surface area contributed by atoms with E-state index in [2.05, 4.69) is 24.4 Å². The number of nitrogens with one attached hydrogen (secondary N) is 1. The van der Waals surface area contributed by atoms with E-state index in [-0.39, 0.29) is 6.04 Å². The van der Waals surface area contributed by atoms with Gasteiger partial charge in [0.25, 0.3) is 0 Å². The molecular formula is C16H17Cl2NO. The Labute approximate surface area is 129 Å². The molecular weight excluding hydrogens is 293 g/mol. The second-order valence-electron chi connectivity index (χ2n) is 4.72. The van der Waals surface area contributed by atoms with Gasteiger partial charge < -0.3 is 10.1 Å². The molecule has 2 aromatic carbocycles. The Hall–Kier alpha value is -1.38. The van der Waals surface area contributed by atoms with Crippen molar-refractivity contribution in [2.24, 2.45) is 0 Å². The van der Waals surface area contributed by atoms with Crippen LogP contribution in [0, 0.1) is 0 Å². The van der Waals surface area contributed by atoms with Crippen LogP contribution in [-0.4, -0.2) is 13.2 Å². The van der Waals surface area contributed by atoms with Crippen molar-refractivity contribution < 1.29 is 4.74 Å². The fourth-order valence-corrected chi connectivity index (χ4v) is 2.38. The minimum Gasteiger partial charge on any atom is -0.497 e. The van der Waals surface area contributed by atoms with Crippen LogP contribution in [0.5, 0.6) is 5.75 Å². The molecule has 0 aromatic heterocycles. The summed E-state index contributed by atoms with van der Waals surface area (Å²) in [6.07, 6.45) is 0.896. The highest BCUT2D eigenvalue weighted by Gasteiger charge is 2.07. The van der Waals surface area contributed by atoms with E-state index in [1.165, 1.54) is 5.56 Å². The molecule has 0 heterocycles. The first-order chi connectivity index (χ1) is 9.58. The molecule has 0 aliphatic carbocycles. The Kier molecular flexibility index (Phi) is 5.16. The van der Waals surface area contributed by atoms with Gasteiger partial charge in [-0.25, -0.2) is 0 Å². The van der Waals surface area contributed by atoms with E-state index >= 15 is 0 Å². The second kappa shape index (κ2) is 6.87. The third-order valence-electron chi connectivity index (χ3n) is 3.03. The zero-order valence-corrected chi connectivity index (χ0v) is 13.0. The zero-order valence-electron chi connectivity index (χ0n) is 11.5. The molecule has 4 heteroatoms. The van der Waals surface area contributed by atoms with E-state index in [0.717, 1.165) is 17.9 Å². The summed E-state index contributed by atoms with van der Waals surface area (Å²) in [6.45, 7) is 2.11. The fourth-order valence-electron chi connectivity index (χ4n) is 2.04. The molecule has 0 fully saturated rings. The second-order valence-corrected chi connectivity index (χ2v) is 5.57. The van der Waals surface area contributed by atoms with E-state index in [1.54, 1.807) is 19.2 Å². The predicted octanol–water partition coefficient (Wildman–Crippen LogP) is 5.05. The fraction of sp³-hybridized carbons (Fsp3) is 0.250. The standard InChI is InChI=1S/C16H17Cl2NO/c1-11(9-12-3-6-14(20-2)7-4-12)19-16-10-13(17)5-8-15(16)18/h3-8,10-11,19H,9H2,1-2H3. The maximum Gasteiger partial charge on any atom is 0.118 e. The normalized spacial score (nSPS) is 12.0. The quantitative estimate of drug-likeness (QED) is 0.835. The van der Waals surface area contributed by atoms with Crippen LogP contribution >= 0.6 is 23.2 Å². The molecule has 0 aliphatic rings. The summed E-state index contributed by atoms with van der Waals surface area (Å²) in [4.78, 5) is 0. The van der Waals surface area contributed by atoms with Gasteiger partial charge in [-0.15, -0.1) is 0 Å². The molecule has 0 radical (unpaired) electrons. The van der Waals surface area contributed by atoms with E-state index < -0.39 is 0 Å². The van der Waals surface area contributed by atoms with Crippen molar-refractivity contribution >= 4 is 28.9 Å². The van der Waals surface area contributed by atoms with Gasteiger partial charge in [-0.1, -0.05) is 35.3 Å². The first kappa shape index (κ1) is 15.0. The Balaban J connectivity index is 2.00. The van der Waals surface area contributed by atoms with Crippen molar-refractivity contribution in [1.29, 1.82) is 0 Å². The van der Waals surface area contributed by atoms with Crippen LogP contribution in [0.3, 0.4) is 0 Å². The van der Waals surface area contributed by atoms with Crippen LogP contribution in [-0.2, 0) is 6.42 Å². The molecule has 0 saturated carbocycles. The van der Waals surface area contributed by atoms with Crippen LogP contribution < -0.4 is 10.1 Å². The van der Waals surface area contributed by atoms with Crippen molar-refractivity contribution in [3.05, 3.63) is 58.1 Å². The summed E-state index contributed by atoms with van der Waals surface area (Å²) < 4.78 is 5.15. The molecule has 2 nitrogen and oxygen atoms in total. The number of hydrogen-bond acceptors (Lipinski definition) is 2. The number of methoxy groups -OCH3 is 1. The highest BCUT2D eigenvalue weighted by atomic mass is 35.5. The minimum atomic E-state index is 0.249. The van der Waals surface area contributed by atoms with Gasteiger partial charge in [-0.3, -0.25) is 0 Å². The summed E-state index contributed by atoms with van der Waals surface area (Å²) in [5.74, 6) is 0.868. The maximum absolute atomic E-state index is 6.15. The maximum atomic E-state index is 6.15. The van der Waals surface area contributed by atoms with E-state index in [4.69, 9.17) is 27.9 Å². The monoisotopic (exact) mass is 309 g/mol. The first-order valence-corrected chi connectivity index (χ1v) is 7.18. The summed E-state index contributed by atoms with van der Waals surface area (Å²) >= 11 is 12.1. The Bertz CT molecular complexity index is 569. The topological polar surface area (TPSA) is 21.3 Å². The van der Waals surface area contributed by atoms with Crippen molar-refractivity contribution in [3.63, 3.8) is 0 Å². The number of anilines is 1. The van der Waals surface area contributed by atoms with Crippen LogP contribution in [0.1, 0.15) is 12.5 Å². The molecule has 1 N–H and O–H groups in total. The number of ether oxygens (including phenoxy) is 1. The number of benzene rings is 2. The lowest BCUT2D eigenvalue weighted by molar-refractivity contribution is 0.414. The molecule has 1 unspecified atom stereocenters. The molecule has 2 aromatic rings. The Morgan fingerprint density at radius 2 is 1.80 bits per heavy atom. The summed E-state index contributed by atoms with van der Waals surface area (Å²) in [6, 6.07) is 13.7. The van der Waals surface area contributed by atoms with Crippen LogP contribution in [0.4, 0.5) is 5.69 Å². The minimum absolute atomic E-state index is 0.249. The molecule has 0 bridgehead atoms. The lowest BCUT2D eigenvalue weighted by Gasteiger charge is -2.17. The van der Waals surface area contributed by atoms with E-state index in [0.29, 0.717) is 10.0 Å². The molecule has 20 heavy (non-hydrogen) atoms. The SMILES string of the molecule is COc1ccc(CC(C)Nc2cc(Cl)ccc2Cl)cc1. The van der Waals surface area contributed by atoms with Gasteiger partial charge in [0.15, 0.2) is 0 Å². The molecule has 0 aliphatic heterocycles. The summed E-state index contributed by atoms with van der Waals surface area (Å²) in [5.41, 5.74) is 2.10. The molecule has 2 rings (SSSR count). The first-order valence-electron chi connectivity index (χ1n) is 6.43. The predicted molar refractivity (Wildman–Crippen MR) is 86.2 cm³/mol. The number of rotatable bonds is 5. The van der Waals surface area contributed by atoms with Gasteiger partial charge in [-0.05, 0) is 49.2 Å². The Morgan fingerprint density at radius 3 is 2.45 bits per heavy atom. The van der Waals surface area contributed by atoms with Crippen molar-refractivity contribution in [1.82, 2.24) is 0 Å². The van der Waals surface area contributed by atoms with Gasteiger partial charge in [0.05, 0.1) is 17.8 Å². The van der Waals surface area contributed by atoms with Crippen molar-refractivity contribution in [2.45, 2.75) is 19.4 Å². The van der Waals surface area contributed by atoms with E-state index in [1.807, 2.05) is 18.2 Å². The van der Waals surface area contributed by atoms with Gasteiger partial charge in [0.2, 0.25) is 0 Å². The van der Waals surface area contributed by atoms with Gasteiger partial charge in [0.1, 0.15) is 5.75 Å². The highest BCUT2D eigenvalue weighted by Crippen LogP contribution is 2.26. The van der Waals surface area contributed by atoms with Gasteiger partial charge >= 0.3 is 0 Å². The van der Waals surface area contributed by atoms with Crippen molar-refractivity contribution in [2.75, 3.05) is 12.4 Å². The highest BCUT2D eigenvalue weighted by molar-refractivity contribution is 6.35. The number of hydrogen-bond donors (Lipinski definition) is 1. The zero-order chi connectivity index (χ0) is 14.5. The third-order valence-corrected chi connectivity index (χ3v) is 3.60. The van der Waals surface area contributed by atoms with Crippen LogP contribution in [0.2, 0.25) is 10.0 Å². The largest absolute Gasteiger partial charge is 0.497 e. The average molecular weight is 310 g/mol. The van der Waals surface area contributed by atoms with Gasteiger partial charge in [0, 0.05) is 11.1 Å². The lowest BCUT2D eigenvalue weighted by Crippen LogP contribution is -2.18. The average Bonchev–Trinajstić information content (AvgIpc) is 2.43. The van der Waals surface area contributed by atoms with Crippen molar-refractivity contribution in [3.8, 4) is 5.75 Å². The molecule has 106 valence electrons. The third kappa shape index (κ3) is 4.06.